The van der Waals surface area contributed by atoms with Crippen LogP contribution in [-0.4, -0.2) is 67.5 Å². The zero-order valence-corrected chi connectivity index (χ0v) is 33.3. The van der Waals surface area contributed by atoms with Gasteiger partial charge in [0, 0.05) is 63.3 Å². The van der Waals surface area contributed by atoms with Gasteiger partial charge >= 0.3 is 11.9 Å². The maximum absolute atomic E-state index is 14.6. The molecule has 304 valence electrons. The first-order chi connectivity index (χ1) is 27.8. The van der Waals surface area contributed by atoms with E-state index in [0.29, 0.717) is 136 Å². The summed E-state index contributed by atoms with van der Waals surface area (Å²) in [6.45, 7) is 4.17. The standard InChI is InChI=1S/C45H48N2O11/c1-19-14-25-31-36-33(42(51)40(25)46-17-21-6-10-23(11-7-21)44(52)53)27(50)16-29(57-4)34(36)35-28(56-3)15-26(49)32-38(35)37(31)39(30(19)20(2)48)43(58-5)41(32)47-18-22-8-12-24(13-9-22)45(54)55/h14-16,21-24,30,46-47,51H,6-13,17-18H2,1-5H3,(H,52,53)(H,54,55). The largest absolute Gasteiger partial charge is 0.505 e. The number of phenolic OH excluding ortho intramolecular Hbond substituents is 1. The van der Waals surface area contributed by atoms with Crippen molar-refractivity contribution >= 4 is 78.3 Å². The van der Waals surface area contributed by atoms with Gasteiger partial charge in [-0.15, -0.1) is 0 Å². The molecular weight excluding hydrogens is 744 g/mol. The van der Waals surface area contributed by atoms with Crippen molar-refractivity contribution in [2.75, 3.05) is 45.1 Å². The fourth-order valence-corrected chi connectivity index (χ4v) is 10.4. The minimum atomic E-state index is -0.863. The molecule has 0 amide bonds. The first-order valence-electron chi connectivity index (χ1n) is 20.0. The Bertz CT molecular complexity index is 2670. The van der Waals surface area contributed by atoms with Crippen LogP contribution in [0.2, 0.25) is 0 Å². The number of fused-ring (bicyclic) bond motifs is 1. The van der Waals surface area contributed by atoms with E-state index in [1.54, 1.807) is 0 Å². The lowest BCUT2D eigenvalue weighted by Gasteiger charge is -2.29. The third kappa shape index (κ3) is 6.00. The van der Waals surface area contributed by atoms with Gasteiger partial charge in [0.1, 0.15) is 23.0 Å². The third-order valence-corrected chi connectivity index (χ3v) is 13.2. The number of phenols is 1. The number of ether oxygens (including phenoxy) is 3. The van der Waals surface area contributed by atoms with Crippen molar-refractivity contribution in [3.8, 4) is 23.0 Å². The summed E-state index contributed by atoms with van der Waals surface area (Å²) >= 11 is 0. The van der Waals surface area contributed by atoms with Crippen molar-refractivity contribution in [3.05, 3.63) is 49.3 Å². The molecule has 0 heterocycles. The fourth-order valence-electron chi connectivity index (χ4n) is 10.4. The number of hydrogen-bond acceptors (Lipinski definition) is 11. The molecule has 0 aliphatic heterocycles. The average Bonchev–Trinajstić information content (AvgIpc) is 3.33. The first kappa shape index (κ1) is 39.0. The van der Waals surface area contributed by atoms with Gasteiger partial charge in [-0.05, 0) is 82.4 Å². The number of carbonyl (C=O) groups excluding carboxylic acids is 1. The van der Waals surface area contributed by atoms with Crippen LogP contribution in [0.4, 0.5) is 11.4 Å². The Morgan fingerprint density at radius 3 is 1.60 bits per heavy atom. The van der Waals surface area contributed by atoms with Gasteiger partial charge in [0.2, 0.25) is 0 Å². The minimum absolute atomic E-state index is 0.0371. The molecule has 58 heavy (non-hydrogen) atoms. The highest BCUT2D eigenvalue weighted by Crippen LogP contribution is 2.58. The van der Waals surface area contributed by atoms with Crippen molar-refractivity contribution in [2.45, 2.75) is 71.1 Å². The van der Waals surface area contributed by atoms with Crippen LogP contribution in [0.15, 0.2) is 27.3 Å². The number of anilines is 2. The predicted molar refractivity (Wildman–Crippen MR) is 223 cm³/mol. The van der Waals surface area contributed by atoms with Crippen LogP contribution in [0.5, 0.6) is 23.0 Å². The summed E-state index contributed by atoms with van der Waals surface area (Å²) in [6.07, 6.45) is 6.75. The number of carbonyl (C=O) groups is 3. The number of carboxylic acids is 2. The molecule has 8 rings (SSSR count). The molecule has 13 heteroatoms. The predicted octanol–water partition coefficient (Wildman–Crippen LogP) is 7.32. The minimum Gasteiger partial charge on any atom is -0.505 e. The molecule has 5 N–H and O–H groups in total. The maximum Gasteiger partial charge on any atom is 0.306 e. The molecule has 1 atom stereocenters. The second-order valence-electron chi connectivity index (χ2n) is 16.4. The van der Waals surface area contributed by atoms with Crippen molar-refractivity contribution in [2.24, 2.45) is 23.7 Å². The van der Waals surface area contributed by atoms with Gasteiger partial charge in [-0.2, -0.15) is 0 Å². The van der Waals surface area contributed by atoms with E-state index in [1.807, 2.05) is 13.0 Å². The van der Waals surface area contributed by atoms with Gasteiger partial charge in [-0.3, -0.25) is 24.0 Å². The lowest BCUT2D eigenvalue weighted by molar-refractivity contribution is -0.144. The topological polar surface area (TPSA) is 198 Å². The molecule has 2 fully saturated rings. The van der Waals surface area contributed by atoms with E-state index in [0.717, 1.165) is 0 Å². The highest BCUT2D eigenvalue weighted by atomic mass is 16.5. The monoisotopic (exact) mass is 792 g/mol. The molecule has 5 aromatic rings. The Morgan fingerprint density at radius 2 is 1.14 bits per heavy atom. The van der Waals surface area contributed by atoms with Crippen molar-refractivity contribution in [3.63, 3.8) is 0 Å². The first-order valence-corrected chi connectivity index (χ1v) is 20.0. The maximum atomic E-state index is 14.6. The summed E-state index contributed by atoms with van der Waals surface area (Å²) in [6, 6.07) is 2.72. The Labute approximate surface area is 333 Å². The number of carboxylic acid groups (broad SMARTS) is 2. The highest BCUT2D eigenvalue weighted by molar-refractivity contribution is 6.40. The van der Waals surface area contributed by atoms with E-state index in [4.69, 9.17) is 14.2 Å². The molecule has 0 aromatic heterocycles. The molecule has 13 nitrogen and oxygen atoms in total. The lowest BCUT2D eigenvalue weighted by Crippen LogP contribution is -2.26. The number of Topliss-reactive ketones (excluding diaryl/α,β-unsaturated/α-hetero) is 1. The zero-order valence-electron chi connectivity index (χ0n) is 33.3. The van der Waals surface area contributed by atoms with Gasteiger partial charge in [0.25, 0.3) is 0 Å². The number of methoxy groups -OCH3 is 3. The second kappa shape index (κ2) is 14.8. The quantitative estimate of drug-likeness (QED) is 0.0479. The van der Waals surface area contributed by atoms with Gasteiger partial charge in [-0.25, -0.2) is 0 Å². The van der Waals surface area contributed by atoms with E-state index in [2.05, 4.69) is 10.6 Å². The van der Waals surface area contributed by atoms with Crippen LogP contribution >= 0.6 is 0 Å². The number of aliphatic carboxylic acids is 2. The fraction of sp³-hybridized carbons (Fsp3) is 0.444. The molecule has 2 saturated carbocycles. The number of allylic oxidation sites excluding steroid dienone is 1. The number of ketones is 1. The second-order valence-corrected chi connectivity index (χ2v) is 16.4. The number of hydrogen-bond donors (Lipinski definition) is 5. The Kier molecular flexibility index (Phi) is 9.97. The van der Waals surface area contributed by atoms with Gasteiger partial charge in [0.15, 0.2) is 16.6 Å². The number of rotatable bonds is 12. The molecule has 3 aliphatic carbocycles. The number of nitrogens with one attached hydrogen (secondary N) is 2. The molecule has 0 bridgehead atoms. The molecule has 5 aromatic carbocycles. The lowest BCUT2D eigenvalue weighted by atomic mass is 9.80. The molecule has 0 saturated heterocycles. The molecule has 0 spiro atoms. The summed E-state index contributed by atoms with van der Waals surface area (Å²) in [7, 11) is 4.41. The van der Waals surface area contributed by atoms with Crippen LogP contribution in [0.25, 0.3) is 49.2 Å². The van der Waals surface area contributed by atoms with Gasteiger partial charge < -0.3 is 40.2 Å². The Morgan fingerprint density at radius 1 is 0.655 bits per heavy atom. The summed E-state index contributed by atoms with van der Waals surface area (Å²) in [5.41, 5.74) is 1.53. The van der Waals surface area contributed by atoms with Crippen LogP contribution in [0, 0.1) is 23.7 Å². The Hall–Kier alpha value is -5.85. The smallest absolute Gasteiger partial charge is 0.306 e. The number of aromatic hydroxyl groups is 1. The van der Waals surface area contributed by atoms with Crippen LogP contribution in [0.3, 0.4) is 0 Å². The molecule has 0 radical (unpaired) electrons. The zero-order chi connectivity index (χ0) is 41.3. The summed E-state index contributed by atoms with van der Waals surface area (Å²) in [5, 5.41) is 41.7. The number of benzene rings is 5. The van der Waals surface area contributed by atoms with Crippen molar-refractivity contribution < 1.29 is 43.9 Å². The van der Waals surface area contributed by atoms with Gasteiger partial charge in [-0.1, -0.05) is 11.6 Å². The van der Waals surface area contributed by atoms with Crippen LogP contribution in [-0.2, 0) is 14.4 Å². The van der Waals surface area contributed by atoms with Crippen LogP contribution < -0.4 is 35.7 Å². The third-order valence-electron chi connectivity index (χ3n) is 13.2. The SMILES string of the molecule is COc1c(NCC2CCC(C(=O)O)CC2)c2c(=O)cc(OC)c3c4c(OC)cc(=O)c5c(O)c(NCC6CCC(C(=O)O)CC6)c6c(c(c1C(C(C)=O)C(C)=C6)c23)c54. The Balaban J connectivity index is 1.47. The normalized spacial score (nSPS) is 21.9. The van der Waals surface area contributed by atoms with E-state index < -0.39 is 35.1 Å². The average molecular weight is 793 g/mol. The summed E-state index contributed by atoms with van der Waals surface area (Å²) in [5.74, 6) is -2.73. The van der Waals surface area contributed by atoms with E-state index >= 15 is 0 Å². The van der Waals surface area contributed by atoms with Crippen molar-refractivity contribution in [1.29, 1.82) is 0 Å². The van der Waals surface area contributed by atoms with E-state index in [9.17, 15) is 39.3 Å². The van der Waals surface area contributed by atoms with E-state index in [-0.39, 0.29) is 45.7 Å². The highest BCUT2D eigenvalue weighted by Gasteiger charge is 2.38. The molecular formula is C45H48N2O11. The summed E-state index contributed by atoms with van der Waals surface area (Å²) in [4.78, 5) is 66.2. The summed E-state index contributed by atoms with van der Waals surface area (Å²) < 4.78 is 18.1. The van der Waals surface area contributed by atoms with Crippen LogP contribution in [0.1, 0.15) is 82.3 Å². The van der Waals surface area contributed by atoms with Gasteiger partial charge in [0.05, 0.1) is 61.2 Å². The molecule has 1 unspecified atom stereocenters. The van der Waals surface area contributed by atoms with E-state index in [1.165, 1.54) is 40.4 Å². The molecule has 3 aliphatic rings. The van der Waals surface area contributed by atoms with Crippen molar-refractivity contribution in [1.82, 2.24) is 0 Å².